The molecule has 2 N–H and O–H groups in total. The van der Waals surface area contributed by atoms with E-state index in [0.29, 0.717) is 17.3 Å². The average molecular weight is 262 g/mol. The number of aromatic nitrogens is 1. The highest BCUT2D eigenvalue weighted by atomic mass is 16.2. The quantitative estimate of drug-likeness (QED) is 0.882. The number of nitrogen functional groups attached to an aromatic ring is 1. The van der Waals surface area contributed by atoms with Gasteiger partial charge in [0.05, 0.1) is 0 Å². The fourth-order valence-electron chi connectivity index (χ4n) is 2.68. The molecule has 1 amide bonds. The summed E-state index contributed by atoms with van der Waals surface area (Å²) >= 11 is 0. The molecule has 5 nitrogen and oxygen atoms in total. The van der Waals surface area contributed by atoms with Gasteiger partial charge in [-0.1, -0.05) is 0 Å². The van der Waals surface area contributed by atoms with Gasteiger partial charge < -0.3 is 15.5 Å². The van der Waals surface area contributed by atoms with Gasteiger partial charge in [-0.05, 0) is 45.0 Å². The molecule has 0 radical (unpaired) electrons. The Balaban J connectivity index is 2.02. The maximum Gasteiger partial charge on any atom is 0.253 e. The number of likely N-dealkylation sites (tertiary alicyclic amines) is 1. The Bertz CT molecular complexity index is 454. The highest BCUT2D eigenvalue weighted by molar-refractivity contribution is 5.94. The third-order valence-corrected chi connectivity index (χ3v) is 3.59. The molecular weight excluding hydrogens is 240 g/mol. The van der Waals surface area contributed by atoms with Gasteiger partial charge in [-0.15, -0.1) is 0 Å². The second-order valence-corrected chi connectivity index (χ2v) is 5.52. The van der Waals surface area contributed by atoms with E-state index in [1.807, 2.05) is 14.0 Å². The molecule has 0 saturated carbocycles. The van der Waals surface area contributed by atoms with Gasteiger partial charge in [0, 0.05) is 31.4 Å². The average Bonchev–Trinajstić information content (AvgIpc) is 2.72. The Labute approximate surface area is 114 Å². The molecule has 2 heterocycles. The summed E-state index contributed by atoms with van der Waals surface area (Å²) in [7, 11) is 3.97. The van der Waals surface area contributed by atoms with Crippen LogP contribution < -0.4 is 5.73 Å². The highest BCUT2D eigenvalue weighted by Gasteiger charge is 2.23. The maximum atomic E-state index is 12.3. The van der Waals surface area contributed by atoms with Crippen LogP contribution in [-0.4, -0.2) is 54.4 Å². The third-order valence-electron chi connectivity index (χ3n) is 3.59. The lowest BCUT2D eigenvalue weighted by molar-refractivity contribution is 0.0774. The van der Waals surface area contributed by atoms with Crippen molar-refractivity contribution >= 4 is 11.7 Å². The molecule has 0 aliphatic carbocycles. The molecule has 1 aliphatic heterocycles. The van der Waals surface area contributed by atoms with Crippen molar-refractivity contribution in [3.63, 3.8) is 0 Å². The van der Waals surface area contributed by atoms with E-state index in [2.05, 4.69) is 16.9 Å². The Morgan fingerprint density at radius 3 is 2.89 bits per heavy atom. The van der Waals surface area contributed by atoms with Crippen LogP contribution in [0.1, 0.15) is 22.5 Å². The van der Waals surface area contributed by atoms with E-state index in [1.54, 1.807) is 17.0 Å². The fourth-order valence-corrected chi connectivity index (χ4v) is 2.68. The second-order valence-electron chi connectivity index (χ2n) is 5.52. The number of carbonyl (C=O) groups is 1. The Hall–Kier alpha value is -1.62. The molecule has 1 atom stereocenters. The summed E-state index contributed by atoms with van der Waals surface area (Å²) in [4.78, 5) is 20.5. The summed E-state index contributed by atoms with van der Waals surface area (Å²) in [5, 5.41) is 0. The zero-order valence-electron chi connectivity index (χ0n) is 11.9. The number of pyridine rings is 1. The van der Waals surface area contributed by atoms with Gasteiger partial charge in [0.15, 0.2) is 0 Å². The molecule has 0 bridgehead atoms. The monoisotopic (exact) mass is 262 g/mol. The third kappa shape index (κ3) is 3.44. The van der Waals surface area contributed by atoms with Crippen LogP contribution >= 0.6 is 0 Å². The summed E-state index contributed by atoms with van der Waals surface area (Å²) in [5.74, 6) is 0.989. The number of rotatable bonds is 3. The van der Waals surface area contributed by atoms with E-state index < -0.39 is 0 Å². The van der Waals surface area contributed by atoms with Crippen LogP contribution in [-0.2, 0) is 0 Å². The van der Waals surface area contributed by atoms with Crippen molar-refractivity contribution in [1.29, 1.82) is 0 Å². The zero-order valence-corrected chi connectivity index (χ0v) is 11.9. The largest absolute Gasteiger partial charge is 0.384 e. The van der Waals surface area contributed by atoms with Crippen LogP contribution in [0.3, 0.4) is 0 Å². The Morgan fingerprint density at radius 2 is 2.32 bits per heavy atom. The van der Waals surface area contributed by atoms with E-state index in [1.165, 1.54) is 0 Å². The molecule has 5 heteroatoms. The zero-order chi connectivity index (χ0) is 14.0. The topological polar surface area (TPSA) is 62.5 Å². The molecule has 1 unspecified atom stereocenters. The van der Waals surface area contributed by atoms with E-state index in [-0.39, 0.29) is 5.91 Å². The predicted molar refractivity (Wildman–Crippen MR) is 76.0 cm³/mol. The van der Waals surface area contributed by atoms with Gasteiger partial charge >= 0.3 is 0 Å². The lowest BCUT2D eigenvalue weighted by Crippen LogP contribution is -2.33. The van der Waals surface area contributed by atoms with Gasteiger partial charge in [-0.25, -0.2) is 4.98 Å². The van der Waals surface area contributed by atoms with Crippen LogP contribution in [0.5, 0.6) is 0 Å². The Morgan fingerprint density at radius 1 is 1.58 bits per heavy atom. The first kappa shape index (κ1) is 13.8. The van der Waals surface area contributed by atoms with E-state index in [9.17, 15) is 4.79 Å². The van der Waals surface area contributed by atoms with Crippen LogP contribution in [0.2, 0.25) is 0 Å². The lowest BCUT2D eigenvalue weighted by atomic mass is 10.1. The maximum absolute atomic E-state index is 12.3. The number of nitrogens with zero attached hydrogens (tertiary/aromatic N) is 3. The minimum atomic E-state index is 0.0201. The number of carbonyl (C=O) groups excluding carboxylic acids is 1. The molecule has 1 aliphatic rings. The van der Waals surface area contributed by atoms with Crippen LogP contribution in [0.15, 0.2) is 12.1 Å². The van der Waals surface area contributed by atoms with Crippen molar-refractivity contribution < 1.29 is 4.79 Å². The number of aryl methyl sites for hydroxylation is 1. The molecule has 1 aromatic heterocycles. The molecule has 0 aromatic carbocycles. The van der Waals surface area contributed by atoms with Gasteiger partial charge in [-0.3, -0.25) is 4.79 Å². The summed E-state index contributed by atoms with van der Waals surface area (Å²) < 4.78 is 0. The smallest absolute Gasteiger partial charge is 0.253 e. The normalized spacial score (nSPS) is 19.6. The summed E-state index contributed by atoms with van der Waals surface area (Å²) in [6.07, 6.45) is 1.16. The number of hydrogen-bond acceptors (Lipinski definition) is 4. The van der Waals surface area contributed by atoms with Crippen molar-refractivity contribution in [1.82, 2.24) is 14.8 Å². The summed E-state index contributed by atoms with van der Waals surface area (Å²) in [6, 6.07) is 3.43. The molecule has 0 spiro atoms. The standard InChI is InChI=1S/C14H22N4O/c1-10-6-12(7-13(15)16-10)14(19)18(3)9-11-4-5-17(2)8-11/h6-7,11H,4-5,8-9H2,1-3H3,(H2,15,16). The molecule has 1 saturated heterocycles. The number of hydrogen-bond donors (Lipinski definition) is 1. The van der Waals surface area contributed by atoms with Crippen LogP contribution in [0.4, 0.5) is 5.82 Å². The first-order chi connectivity index (χ1) is 8.95. The minimum absolute atomic E-state index is 0.0201. The SMILES string of the molecule is Cc1cc(C(=O)N(C)CC2CCN(C)C2)cc(N)n1. The first-order valence-electron chi connectivity index (χ1n) is 6.64. The van der Waals surface area contributed by atoms with Gasteiger partial charge in [0.2, 0.25) is 0 Å². The van der Waals surface area contributed by atoms with Crippen molar-refractivity contribution in [3.8, 4) is 0 Å². The first-order valence-corrected chi connectivity index (χ1v) is 6.64. The van der Waals surface area contributed by atoms with Gasteiger partial charge in [-0.2, -0.15) is 0 Å². The molecule has 1 fully saturated rings. The van der Waals surface area contributed by atoms with Crippen molar-refractivity contribution in [2.45, 2.75) is 13.3 Å². The predicted octanol–water partition coefficient (Wildman–Crippen LogP) is 0.996. The molecular formula is C14H22N4O. The van der Waals surface area contributed by atoms with Crippen molar-refractivity contribution in [3.05, 3.63) is 23.4 Å². The fraction of sp³-hybridized carbons (Fsp3) is 0.571. The summed E-state index contributed by atoms with van der Waals surface area (Å²) in [6.45, 7) is 4.83. The summed E-state index contributed by atoms with van der Waals surface area (Å²) in [5.41, 5.74) is 7.09. The van der Waals surface area contributed by atoms with Gasteiger partial charge in [0.1, 0.15) is 5.82 Å². The van der Waals surface area contributed by atoms with E-state index in [4.69, 9.17) is 5.73 Å². The number of nitrogens with two attached hydrogens (primary N) is 1. The highest BCUT2D eigenvalue weighted by Crippen LogP contribution is 2.17. The molecule has 19 heavy (non-hydrogen) atoms. The minimum Gasteiger partial charge on any atom is -0.384 e. The molecule has 104 valence electrons. The number of amides is 1. The number of anilines is 1. The van der Waals surface area contributed by atoms with Crippen LogP contribution in [0, 0.1) is 12.8 Å². The Kier molecular flexibility index (Phi) is 4.04. The second kappa shape index (κ2) is 5.57. The van der Waals surface area contributed by atoms with Crippen molar-refractivity contribution in [2.75, 3.05) is 39.5 Å². The van der Waals surface area contributed by atoms with Crippen molar-refractivity contribution in [2.24, 2.45) is 5.92 Å². The molecule has 1 aromatic rings. The lowest BCUT2D eigenvalue weighted by Gasteiger charge is -2.21. The van der Waals surface area contributed by atoms with E-state index >= 15 is 0 Å². The van der Waals surface area contributed by atoms with E-state index in [0.717, 1.165) is 31.7 Å². The van der Waals surface area contributed by atoms with Gasteiger partial charge in [0.25, 0.3) is 5.91 Å². The van der Waals surface area contributed by atoms with Crippen LogP contribution in [0.25, 0.3) is 0 Å². The molecule has 2 rings (SSSR count).